The van der Waals surface area contributed by atoms with Crippen molar-refractivity contribution in [3.63, 3.8) is 0 Å². The second-order valence-electron chi connectivity index (χ2n) is 7.63. The molecule has 1 heterocycles. The Balaban J connectivity index is 0.00000363. The van der Waals surface area contributed by atoms with Crippen LogP contribution in [0.3, 0.4) is 0 Å². The molecular weight excluding hydrogens is 573 g/mol. The maximum absolute atomic E-state index is 14.6. The van der Waals surface area contributed by atoms with Crippen LogP contribution < -0.4 is 15.0 Å². The summed E-state index contributed by atoms with van der Waals surface area (Å²) in [5, 5.41) is 2.82. The molecule has 0 saturated heterocycles. The molecule has 2 aromatic rings. The molecule has 0 aliphatic carbocycles. The highest BCUT2D eigenvalue weighted by atomic mass is 32.1. The fourth-order valence-corrected chi connectivity index (χ4v) is 3.39. The first-order valence-electron chi connectivity index (χ1n) is 11.3. The van der Waals surface area contributed by atoms with Crippen LogP contribution in [-0.4, -0.2) is 31.0 Å². The van der Waals surface area contributed by atoms with E-state index in [0.717, 1.165) is 6.92 Å². The molecule has 224 valence electrons. The van der Waals surface area contributed by atoms with E-state index in [1.807, 2.05) is 13.8 Å². The summed E-state index contributed by atoms with van der Waals surface area (Å²) in [5.74, 6) is -0.764. The van der Waals surface area contributed by atoms with Crippen LogP contribution in [0.25, 0.3) is 0 Å². The molecule has 0 spiro atoms. The van der Waals surface area contributed by atoms with Gasteiger partial charge in [0.25, 0.3) is 0 Å². The van der Waals surface area contributed by atoms with Crippen LogP contribution in [0, 0.1) is 6.92 Å². The summed E-state index contributed by atoms with van der Waals surface area (Å²) in [4.78, 5) is 5.62. The molecular formula is C26H30F9N3OS. The molecule has 0 bridgehead atoms. The number of thiol groups is 1. The van der Waals surface area contributed by atoms with E-state index < -0.39 is 35.9 Å². The molecule has 0 atom stereocenters. The van der Waals surface area contributed by atoms with Crippen molar-refractivity contribution in [2.75, 3.05) is 17.3 Å². The van der Waals surface area contributed by atoms with Gasteiger partial charge in [0.2, 0.25) is 0 Å². The lowest BCUT2D eigenvalue weighted by Gasteiger charge is -2.32. The molecule has 40 heavy (non-hydrogen) atoms. The number of pyridine rings is 1. The smallest absolute Gasteiger partial charge is 0.433 e. The Morgan fingerprint density at radius 1 is 1.02 bits per heavy atom. The number of halogens is 9. The van der Waals surface area contributed by atoms with Gasteiger partial charge in [-0.15, -0.1) is 25.8 Å². The monoisotopic (exact) mass is 603 g/mol. The Bertz CT molecular complexity index is 1140. The van der Waals surface area contributed by atoms with Gasteiger partial charge in [0.05, 0.1) is 5.69 Å². The number of hydrogen-bond acceptors (Lipinski definition) is 5. The first-order chi connectivity index (χ1) is 18.4. The van der Waals surface area contributed by atoms with E-state index in [9.17, 15) is 39.5 Å². The van der Waals surface area contributed by atoms with Crippen molar-refractivity contribution < 1.29 is 44.3 Å². The van der Waals surface area contributed by atoms with Crippen LogP contribution in [0.5, 0.6) is 5.75 Å². The van der Waals surface area contributed by atoms with Crippen LogP contribution in [0.1, 0.15) is 30.5 Å². The van der Waals surface area contributed by atoms with Crippen LogP contribution >= 0.6 is 12.6 Å². The van der Waals surface area contributed by atoms with Gasteiger partial charge in [0, 0.05) is 36.0 Å². The number of ether oxygens (including phenoxy) is 1. The van der Waals surface area contributed by atoms with Crippen LogP contribution in [0.4, 0.5) is 51.0 Å². The number of nitrogens with one attached hydrogen (secondary N) is 1. The summed E-state index contributed by atoms with van der Waals surface area (Å²) in [7, 11) is 1.33. The van der Waals surface area contributed by atoms with Gasteiger partial charge in [-0.25, -0.2) is 9.37 Å². The van der Waals surface area contributed by atoms with E-state index in [0.29, 0.717) is 28.0 Å². The second kappa shape index (κ2) is 14.9. The third-order valence-electron chi connectivity index (χ3n) is 4.91. The van der Waals surface area contributed by atoms with E-state index in [-0.39, 0.29) is 23.9 Å². The summed E-state index contributed by atoms with van der Waals surface area (Å²) in [5.41, 5.74) is -7.55. The lowest BCUT2D eigenvalue weighted by atomic mass is 9.91. The summed E-state index contributed by atoms with van der Waals surface area (Å²) in [6, 6.07) is 3.33. The Hall–Kier alpha value is -3.29. The van der Waals surface area contributed by atoms with E-state index in [1.54, 1.807) is 0 Å². The van der Waals surface area contributed by atoms with Crippen molar-refractivity contribution in [3.8, 4) is 5.75 Å². The molecule has 0 saturated carbocycles. The van der Waals surface area contributed by atoms with Gasteiger partial charge < -0.3 is 15.0 Å². The summed E-state index contributed by atoms with van der Waals surface area (Å²) in [6.45, 7) is 14.6. The van der Waals surface area contributed by atoms with Crippen LogP contribution in [0.15, 0.2) is 67.4 Å². The highest BCUT2D eigenvalue weighted by Crippen LogP contribution is 2.54. The van der Waals surface area contributed by atoms with Crippen molar-refractivity contribution >= 4 is 24.1 Å². The Labute approximate surface area is 232 Å². The minimum Gasteiger partial charge on any atom is -0.433 e. The molecule has 0 fully saturated rings. The number of alkyl halides is 9. The number of nitrogens with zero attached hydrogens (tertiary/aromatic N) is 2. The van der Waals surface area contributed by atoms with E-state index in [2.05, 4.69) is 54.0 Å². The first kappa shape index (κ1) is 36.7. The lowest BCUT2D eigenvalue weighted by molar-refractivity contribution is -0.348. The molecule has 0 unspecified atom stereocenters. The first-order valence-corrected chi connectivity index (χ1v) is 11.8. The molecule has 0 aliphatic heterocycles. The molecule has 0 radical (unpaired) electrons. The highest BCUT2D eigenvalue weighted by Gasteiger charge is 2.73. The van der Waals surface area contributed by atoms with Crippen molar-refractivity contribution in [2.24, 2.45) is 0 Å². The molecule has 0 aliphatic rings. The average Bonchev–Trinajstić information content (AvgIpc) is 2.84. The molecule has 1 aromatic heterocycles. The normalized spacial score (nSPS) is 11.5. The van der Waals surface area contributed by atoms with Crippen molar-refractivity contribution in [3.05, 3.63) is 84.1 Å². The third-order valence-corrected chi connectivity index (χ3v) is 5.18. The average molecular weight is 604 g/mol. The van der Waals surface area contributed by atoms with Crippen molar-refractivity contribution in [2.45, 2.75) is 51.9 Å². The molecule has 2 rings (SSSR count). The third kappa shape index (κ3) is 8.86. The maximum Gasteiger partial charge on any atom is 0.435 e. The second-order valence-corrected chi connectivity index (χ2v) is 8.17. The van der Waals surface area contributed by atoms with Gasteiger partial charge in [0.15, 0.2) is 0 Å². The predicted molar refractivity (Wildman–Crippen MR) is 143 cm³/mol. The van der Waals surface area contributed by atoms with Crippen molar-refractivity contribution in [1.82, 2.24) is 4.98 Å². The minimum absolute atomic E-state index is 0.0200. The van der Waals surface area contributed by atoms with Gasteiger partial charge in [-0.3, -0.25) is 0 Å². The quantitative estimate of drug-likeness (QED) is 0.130. The van der Waals surface area contributed by atoms with Gasteiger partial charge in [-0.05, 0) is 42.3 Å². The van der Waals surface area contributed by atoms with Crippen LogP contribution in [-0.2, 0) is 12.2 Å². The predicted octanol–water partition coefficient (Wildman–Crippen LogP) is 9.11. The zero-order valence-electron chi connectivity index (χ0n) is 22.2. The van der Waals surface area contributed by atoms with Crippen LogP contribution in [0.2, 0.25) is 0 Å². The van der Waals surface area contributed by atoms with Gasteiger partial charge in [0.1, 0.15) is 11.6 Å². The lowest BCUT2D eigenvalue weighted by Crippen LogP contribution is -2.50. The number of anilines is 2. The van der Waals surface area contributed by atoms with Gasteiger partial charge in [-0.1, -0.05) is 27.0 Å². The largest absolute Gasteiger partial charge is 0.435 e. The number of aryl methyl sites for hydroxylation is 1. The topological polar surface area (TPSA) is 37.4 Å². The standard InChI is InChI=1S/C22H20F9N3OS.C2H6.C2H4/c1-11-7-15(20(25,21(26,27)28)22(29,30)31)9-16(35-19(23)24)18(11)34(4)10-14-5-6-32-17(8-14)33-12(2)13(3)36;2*1-2/h5-9,19,36H,2-3,10H2,1,4H3,(H,32,33);1-2H3;1-2H2. The van der Waals surface area contributed by atoms with E-state index in [1.165, 1.54) is 30.3 Å². The molecule has 0 amide bonds. The highest BCUT2D eigenvalue weighted by molar-refractivity contribution is 7.84. The Morgan fingerprint density at radius 3 is 2.00 bits per heavy atom. The van der Waals surface area contributed by atoms with E-state index in [4.69, 9.17) is 0 Å². The number of hydrogen-bond donors (Lipinski definition) is 2. The fourth-order valence-electron chi connectivity index (χ4n) is 3.33. The Kier molecular flexibility index (Phi) is 13.7. The maximum atomic E-state index is 14.6. The molecule has 1 aromatic carbocycles. The van der Waals surface area contributed by atoms with Gasteiger partial charge >= 0.3 is 24.6 Å². The molecule has 1 N–H and O–H groups in total. The molecule has 4 nitrogen and oxygen atoms in total. The summed E-state index contributed by atoms with van der Waals surface area (Å²) in [6.07, 6.45) is -11.5. The number of aromatic nitrogens is 1. The van der Waals surface area contributed by atoms with Crippen molar-refractivity contribution in [1.29, 1.82) is 0 Å². The zero-order valence-corrected chi connectivity index (χ0v) is 23.0. The summed E-state index contributed by atoms with van der Waals surface area (Å²) < 4.78 is 124. The zero-order chi connectivity index (χ0) is 31.6. The fraction of sp³-hybridized carbons (Fsp3) is 0.346. The Morgan fingerprint density at radius 2 is 1.55 bits per heavy atom. The molecule has 14 heteroatoms. The summed E-state index contributed by atoms with van der Waals surface area (Å²) >= 11 is 4.03. The SMILES string of the molecule is C=C.C=C(S)C(=C)Nc1cc(CN(C)c2c(C)cc(C(F)(C(F)(F)F)C(F)(F)F)cc2OC(F)F)ccn1.CC. The van der Waals surface area contributed by atoms with Gasteiger partial charge in [-0.2, -0.15) is 35.1 Å². The van der Waals surface area contributed by atoms with E-state index >= 15 is 0 Å². The number of benzene rings is 1. The number of rotatable bonds is 9. The minimum atomic E-state index is -6.42.